The fourth-order valence-corrected chi connectivity index (χ4v) is 1.29. The number of carbonyl (C=O) groups is 2. The Bertz CT molecular complexity index is 191. The molecule has 1 N–H and O–H groups in total. The van der Waals surface area contributed by atoms with Crippen molar-refractivity contribution in [3.63, 3.8) is 0 Å². The number of rotatable bonds is 3. The normalized spacial score (nSPS) is 22.8. The molecule has 0 bridgehead atoms. The van der Waals surface area contributed by atoms with Crippen LogP contribution >= 0.6 is 0 Å². The van der Waals surface area contributed by atoms with Crippen molar-refractivity contribution in [2.45, 2.75) is 25.3 Å². The lowest BCUT2D eigenvalue weighted by Gasteiger charge is -2.08. The molecule has 0 aromatic rings. The minimum absolute atomic E-state index is 0.177. The average molecular weight is 171 g/mol. The van der Waals surface area contributed by atoms with Crippen molar-refractivity contribution in [2.75, 3.05) is 13.7 Å². The third kappa shape index (κ3) is 2.62. The van der Waals surface area contributed by atoms with E-state index in [0.29, 0.717) is 12.8 Å². The van der Waals surface area contributed by atoms with Gasteiger partial charge in [-0.15, -0.1) is 0 Å². The minimum Gasteiger partial charge on any atom is -0.468 e. The quantitative estimate of drug-likeness (QED) is 0.601. The summed E-state index contributed by atoms with van der Waals surface area (Å²) in [4.78, 5) is 21.5. The number of carbonyl (C=O) groups excluding carboxylic acids is 2. The highest BCUT2D eigenvalue weighted by Crippen LogP contribution is 2.13. The summed E-state index contributed by atoms with van der Waals surface area (Å²) in [5.41, 5.74) is 0. The van der Waals surface area contributed by atoms with Crippen molar-refractivity contribution in [1.29, 1.82) is 0 Å². The third-order valence-corrected chi connectivity index (χ3v) is 2.01. The monoisotopic (exact) mass is 171 g/mol. The van der Waals surface area contributed by atoms with Crippen molar-refractivity contribution < 1.29 is 14.3 Å². The zero-order valence-electron chi connectivity index (χ0n) is 7.13. The summed E-state index contributed by atoms with van der Waals surface area (Å²) in [5, 5.41) is 2.97. The van der Waals surface area contributed by atoms with Crippen LogP contribution in [0.3, 0.4) is 0 Å². The fourth-order valence-electron chi connectivity index (χ4n) is 1.29. The van der Waals surface area contributed by atoms with Gasteiger partial charge >= 0.3 is 5.97 Å². The van der Waals surface area contributed by atoms with Crippen molar-refractivity contribution in [1.82, 2.24) is 5.32 Å². The van der Waals surface area contributed by atoms with E-state index in [1.807, 2.05) is 0 Å². The molecule has 12 heavy (non-hydrogen) atoms. The van der Waals surface area contributed by atoms with Gasteiger partial charge in [-0.05, 0) is 6.42 Å². The van der Waals surface area contributed by atoms with Gasteiger partial charge in [0, 0.05) is 18.9 Å². The smallest absolute Gasteiger partial charge is 0.319 e. The number of methoxy groups -OCH3 is 1. The standard InChI is InChI=1S/C8H13NO3/c1-12-8(11)5-9-6-2-3-7(10)4-6/h6,9H,2-5H2,1H3. The molecule has 0 spiro atoms. The summed E-state index contributed by atoms with van der Waals surface area (Å²) >= 11 is 0. The molecule has 4 heteroatoms. The molecule has 1 unspecified atom stereocenters. The highest BCUT2D eigenvalue weighted by atomic mass is 16.5. The predicted octanol–water partition coefficient (Wildman–Crippen LogP) is -0.129. The molecule has 1 atom stereocenters. The Hall–Kier alpha value is -0.900. The van der Waals surface area contributed by atoms with Gasteiger partial charge in [0.25, 0.3) is 0 Å². The first-order valence-electron chi connectivity index (χ1n) is 4.04. The lowest BCUT2D eigenvalue weighted by Crippen LogP contribution is -2.32. The van der Waals surface area contributed by atoms with E-state index >= 15 is 0 Å². The van der Waals surface area contributed by atoms with Crippen LogP contribution in [0.15, 0.2) is 0 Å². The number of Topliss-reactive ketones (excluding diaryl/α,β-unsaturated/α-hetero) is 1. The molecule has 0 radical (unpaired) electrons. The second-order valence-electron chi connectivity index (χ2n) is 2.94. The maximum absolute atomic E-state index is 10.8. The average Bonchev–Trinajstić information content (AvgIpc) is 2.47. The molecule has 0 heterocycles. The van der Waals surface area contributed by atoms with E-state index in [4.69, 9.17) is 0 Å². The van der Waals surface area contributed by atoms with Gasteiger partial charge < -0.3 is 10.1 Å². The Morgan fingerprint density at radius 3 is 3.00 bits per heavy atom. The molecular weight excluding hydrogens is 158 g/mol. The molecular formula is C8H13NO3. The Kier molecular flexibility index (Phi) is 3.22. The van der Waals surface area contributed by atoms with E-state index in [9.17, 15) is 9.59 Å². The fraction of sp³-hybridized carbons (Fsp3) is 0.750. The van der Waals surface area contributed by atoms with Crippen LogP contribution in [0.4, 0.5) is 0 Å². The van der Waals surface area contributed by atoms with Crippen molar-refractivity contribution in [3.05, 3.63) is 0 Å². The predicted molar refractivity (Wildman–Crippen MR) is 42.7 cm³/mol. The summed E-state index contributed by atoms with van der Waals surface area (Å²) in [6, 6.07) is 0.177. The number of esters is 1. The molecule has 0 aromatic carbocycles. The first kappa shape index (κ1) is 9.19. The molecule has 0 aromatic heterocycles. The molecule has 1 aliphatic rings. The van der Waals surface area contributed by atoms with E-state index in [2.05, 4.69) is 10.1 Å². The Morgan fingerprint density at radius 2 is 2.50 bits per heavy atom. The lowest BCUT2D eigenvalue weighted by atomic mass is 10.2. The summed E-state index contributed by atoms with van der Waals surface area (Å²) in [6.07, 6.45) is 2.03. The largest absolute Gasteiger partial charge is 0.468 e. The molecule has 0 saturated heterocycles. The van der Waals surface area contributed by atoms with Crippen LogP contribution in [0.2, 0.25) is 0 Å². The van der Waals surface area contributed by atoms with Gasteiger partial charge in [0.2, 0.25) is 0 Å². The summed E-state index contributed by atoms with van der Waals surface area (Å²) in [5.74, 6) is -0.00767. The van der Waals surface area contributed by atoms with Crippen molar-refractivity contribution >= 4 is 11.8 Å². The van der Waals surface area contributed by atoms with E-state index in [0.717, 1.165) is 6.42 Å². The topological polar surface area (TPSA) is 55.4 Å². The van der Waals surface area contributed by atoms with Crippen LogP contribution in [-0.2, 0) is 14.3 Å². The zero-order chi connectivity index (χ0) is 8.97. The van der Waals surface area contributed by atoms with Crippen LogP contribution in [0, 0.1) is 0 Å². The first-order valence-corrected chi connectivity index (χ1v) is 4.04. The van der Waals surface area contributed by atoms with E-state index in [1.54, 1.807) is 0 Å². The van der Waals surface area contributed by atoms with Crippen LogP contribution < -0.4 is 5.32 Å². The number of hydrogen-bond acceptors (Lipinski definition) is 4. The highest BCUT2D eigenvalue weighted by molar-refractivity contribution is 5.81. The lowest BCUT2D eigenvalue weighted by molar-refractivity contribution is -0.139. The third-order valence-electron chi connectivity index (χ3n) is 2.01. The SMILES string of the molecule is COC(=O)CNC1CCC(=O)C1. The van der Waals surface area contributed by atoms with Crippen LogP contribution in [-0.4, -0.2) is 31.4 Å². The molecule has 1 rings (SSSR count). The molecule has 1 fully saturated rings. The summed E-state index contributed by atoms with van der Waals surface area (Å²) in [6.45, 7) is 0.203. The van der Waals surface area contributed by atoms with Gasteiger partial charge in [-0.3, -0.25) is 9.59 Å². The van der Waals surface area contributed by atoms with Crippen LogP contribution in [0.5, 0.6) is 0 Å². The maximum Gasteiger partial charge on any atom is 0.319 e. The van der Waals surface area contributed by atoms with Gasteiger partial charge in [0.1, 0.15) is 5.78 Å². The molecule has 0 amide bonds. The van der Waals surface area contributed by atoms with Crippen LogP contribution in [0.1, 0.15) is 19.3 Å². The Balaban J connectivity index is 2.16. The number of ether oxygens (including phenoxy) is 1. The van der Waals surface area contributed by atoms with Gasteiger partial charge in [-0.1, -0.05) is 0 Å². The van der Waals surface area contributed by atoms with Gasteiger partial charge in [0.05, 0.1) is 13.7 Å². The number of nitrogens with one attached hydrogen (secondary N) is 1. The summed E-state index contributed by atoms with van der Waals surface area (Å²) in [7, 11) is 1.35. The summed E-state index contributed by atoms with van der Waals surface area (Å²) < 4.78 is 4.45. The second-order valence-corrected chi connectivity index (χ2v) is 2.94. The molecule has 1 aliphatic carbocycles. The molecule has 4 nitrogen and oxygen atoms in total. The maximum atomic E-state index is 10.8. The molecule has 68 valence electrons. The second kappa shape index (κ2) is 4.21. The minimum atomic E-state index is -0.283. The molecule has 1 saturated carbocycles. The first-order chi connectivity index (χ1) is 5.72. The van der Waals surface area contributed by atoms with Gasteiger partial charge in [-0.2, -0.15) is 0 Å². The van der Waals surface area contributed by atoms with Gasteiger partial charge in [-0.25, -0.2) is 0 Å². The molecule has 0 aliphatic heterocycles. The van der Waals surface area contributed by atoms with E-state index in [-0.39, 0.29) is 24.3 Å². The van der Waals surface area contributed by atoms with Gasteiger partial charge in [0.15, 0.2) is 0 Å². The number of ketones is 1. The number of hydrogen-bond donors (Lipinski definition) is 1. The highest BCUT2D eigenvalue weighted by Gasteiger charge is 2.21. The Morgan fingerprint density at radius 1 is 1.75 bits per heavy atom. The Labute approximate surface area is 71.3 Å². The van der Waals surface area contributed by atoms with E-state index in [1.165, 1.54) is 7.11 Å². The van der Waals surface area contributed by atoms with Crippen LogP contribution in [0.25, 0.3) is 0 Å². The van der Waals surface area contributed by atoms with Crippen molar-refractivity contribution in [2.24, 2.45) is 0 Å². The zero-order valence-corrected chi connectivity index (χ0v) is 7.13. The van der Waals surface area contributed by atoms with E-state index < -0.39 is 0 Å². The van der Waals surface area contributed by atoms with Crippen molar-refractivity contribution in [3.8, 4) is 0 Å².